The molecule has 3 aromatic rings. The smallest absolute Gasteiger partial charge is 0.305 e. The molecule has 0 atom stereocenters. The highest BCUT2D eigenvalue weighted by Gasteiger charge is 2.12. The maximum atomic E-state index is 12.0. The molecule has 0 aliphatic carbocycles. The van der Waals surface area contributed by atoms with Crippen molar-refractivity contribution in [3.63, 3.8) is 0 Å². The Labute approximate surface area is 107 Å². The second kappa shape index (κ2) is 4.09. The number of non-ortho nitro benzene ring substituents is 1. The fourth-order valence-corrected chi connectivity index (χ4v) is 2.05. The average Bonchev–Trinajstić information content (AvgIpc) is 2.74. The lowest BCUT2D eigenvalue weighted by atomic mass is 10.2. The van der Waals surface area contributed by atoms with Crippen LogP contribution in [0.15, 0.2) is 53.3 Å². The molecule has 0 saturated heterocycles. The first-order valence-electron chi connectivity index (χ1n) is 5.61. The van der Waals surface area contributed by atoms with E-state index in [0.29, 0.717) is 16.7 Å². The lowest BCUT2D eigenvalue weighted by molar-refractivity contribution is -0.384. The van der Waals surface area contributed by atoms with Gasteiger partial charge in [-0.15, -0.1) is 0 Å². The molecule has 0 fully saturated rings. The van der Waals surface area contributed by atoms with Gasteiger partial charge in [-0.1, -0.05) is 18.2 Å². The number of H-pyrrole nitrogens is 1. The monoisotopic (exact) mass is 255 g/mol. The van der Waals surface area contributed by atoms with E-state index in [2.05, 4.69) is 4.98 Å². The lowest BCUT2D eigenvalue weighted by Crippen LogP contribution is -2.14. The molecular formula is C13H9N3O3. The van der Waals surface area contributed by atoms with E-state index in [1.165, 1.54) is 16.7 Å². The molecule has 2 aromatic carbocycles. The minimum atomic E-state index is -0.488. The molecule has 3 rings (SSSR count). The molecule has 0 amide bonds. The number of para-hydroxylation sites is 1. The van der Waals surface area contributed by atoms with Gasteiger partial charge in [-0.25, -0.2) is 4.79 Å². The summed E-state index contributed by atoms with van der Waals surface area (Å²) >= 11 is 0. The number of nitrogens with one attached hydrogen (secondary N) is 1. The van der Waals surface area contributed by atoms with Crippen molar-refractivity contribution in [1.82, 2.24) is 9.55 Å². The van der Waals surface area contributed by atoms with E-state index >= 15 is 0 Å². The van der Waals surface area contributed by atoms with Crippen molar-refractivity contribution in [3.8, 4) is 5.69 Å². The Morgan fingerprint density at radius 1 is 1.11 bits per heavy atom. The number of fused-ring (bicyclic) bond motifs is 1. The van der Waals surface area contributed by atoms with Crippen LogP contribution in [0.5, 0.6) is 0 Å². The summed E-state index contributed by atoms with van der Waals surface area (Å²) in [6.45, 7) is 0. The third kappa shape index (κ3) is 1.79. The summed E-state index contributed by atoms with van der Waals surface area (Å²) in [7, 11) is 0. The molecule has 19 heavy (non-hydrogen) atoms. The van der Waals surface area contributed by atoms with Crippen LogP contribution in [0.2, 0.25) is 0 Å². The molecule has 94 valence electrons. The van der Waals surface area contributed by atoms with Crippen LogP contribution < -0.4 is 5.69 Å². The van der Waals surface area contributed by atoms with Gasteiger partial charge in [0.1, 0.15) is 0 Å². The predicted octanol–water partition coefficient (Wildman–Crippen LogP) is 2.23. The van der Waals surface area contributed by atoms with Gasteiger partial charge >= 0.3 is 5.69 Å². The minimum Gasteiger partial charge on any atom is -0.305 e. The van der Waals surface area contributed by atoms with Gasteiger partial charge in [0, 0.05) is 12.1 Å². The third-order valence-corrected chi connectivity index (χ3v) is 2.89. The van der Waals surface area contributed by atoms with Crippen molar-refractivity contribution in [2.24, 2.45) is 0 Å². The molecular weight excluding hydrogens is 246 g/mol. The molecule has 0 saturated carbocycles. The predicted molar refractivity (Wildman–Crippen MR) is 70.6 cm³/mol. The second-order valence-corrected chi connectivity index (χ2v) is 4.06. The average molecular weight is 255 g/mol. The number of aromatic nitrogens is 2. The molecule has 1 aromatic heterocycles. The van der Waals surface area contributed by atoms with E-state index in [-0.39, 0.29) is 11.4 Å². The Bertz CT molecular complexity index is 818. The van der Waals surface area contributed by atoms with Gasteiger partial charge in [-0.3, -0.25) is 14.7 Å². The zero-order valence-corrected chi connectivity index (χ0v) is 9.74. The molecule has 6 heteroatoms. The first kappa shape index (κ1) is 11.2. The molecule has 0 aliphatic heterocycles. The second-order valence-electron chi connectivity index (χ2n) is 4.06. The number of benzene rings is 2. The first-order valence-corrected chi connectivity index (χ1v) is 5.61. The van der Waals surface area contributed by atoms with Gasteiger partial charge in [-0.05, 0) is 18.2 Å². The molecule has 1 heterocycles. The van der Waals surface area contributed by atoms with Crippen LogP contribution in [-0.4, -0.2) is 14.5 Å². The van der Waals surface area contributed by atoms with Crippen LogP contribution >= 0.6 is 0 Å². The van der Waals surface area contributed by atoms with Gasteiger partial charge in [0.15, 0.2) is 0 Å². The van der Waals surface area contributed by atoms with E-state index in [4.69, 9.17) is 0 Å². The van der Waals surface area contributed by atoms with E-state index in [1.54, 1.807) is 18.2 Å². The summed E-state index contributed by atoms with van der Waals surface area (Å²) in [5, 5.41) is 10.7. The molecule has 0 spiro atoms. The van der Waals surface area contributed by atoms with Crippen LogP contribution in [0.3, 0.4) is 0 Å². The topological polar surface area (TPSA) is 80.9 Å². The summed E-state index contributed by atoms with van der Waals surface area (Å²) in [6, 6.07) is 13.4. The molecule has 6 nitrogen and oxygen atoms in total. The van der Waals surface area contributed by atoms with Gasteiger partial charge in [0.25, 0.3) is 5.69 Å². The Kier molecular flexibility index (Phi) is 2.42. The van der Waals surface area contributed by atoms with Crippen molar-refractivity contribution in [3.05, 3.63) is 69.1 Å². The number of nitro groups is 1. The SMILES string of the molecule is O=c1[nH]c2cc([N+](=O)[O-])ccc2n1-c1ccccc1. The number of nitrogens with zero attached hydrogens (tertiary/aromatic N) is 2. The van der Waals surface area contributed by atoms with Crippen molar-refractivity contribution in [2.45, 2.75) is 0 Å². The number of imidazole rings is 1. The van der Waals surface area contributed by atoms with Crippen LogP contribution in [0.1, 0.15) is 0 Å². The van der Waals surface area contributed by atoms with E-state index < -0.39 is 4.92 Å². The molecule has 0 radical (unpaired) electrons. The Morgan fingerprint density at radius 2 is 1.84 bits per heavy atom. The quantitative estimate of drug-likeness (QED) is 0.563. The maximum Gasteiger partial charge on any atom is 0.331 e. The zero-order chi connectivity index (χ0) is 13.4. The Balaban J connectivity index is 2.30. The van der Waals surface area contributed by atoms with Crippen molar-refractivity contribution in [2.75, 3.05) is 0 Å². The largest absolute Gasteiger partial charge is 0.331 e. The summed E-state index contributed by atoms with van der Waals surface area (Å²) in [5.74, 6) is 0. The Hall–Kier alpha value is -2.89. The summed E-state index contributed by atoms with van der Waals surface area (Å²) < 4.78 is 1.49. The highest BCUT2D eigenvalue weighted by Crippen LogP contribution is 2.20. The molecule has 0 unspecified atom stereocenters. The van der Waals surface area contributed by atoms with E-state index in [9.17, 15) is 14.9 Å². The van der Waals surface area contributed by atoms with Crippen LogP contribution in [-0.2, 0) is 0 Å². The Morgan fingerprint density at radius 3 is 2.53 bits per heavy atom. The van der Waals surface area contributed by atoms with Crippen molar-refractivity contribution >= 4 is 16.7 Å². The van der Waals surface area contributed by atoms with E-state index in [0.717, 1.165) is 0 Å². The standard InChI is InChI=1S/C13H9N3O3/c17-13-14-11-8-10(16(18)19)6-7-12(11)15(13)9-4-2-1-3-5-9/h1-8H,(H,14,17). The fraction of sp³-hybridized carbons (Fsp3) is 0. The number of hydrogen-bond donors (Lipinski definition) is 1. The van der Waals surface area contributed by atoms with Crippen LogP contribution in [0, 0.1) is 10.1 Å². The molecule has 1 N–H and O–H groups in total. The van der Waals surface area contributed by atoms with E-state index in [1.807, 2.05) is 18.2 Å². The number of rotatable bonds is 2. The zero-order valence-electron chi connectivity index (χ0n) is 9.74. The van der Waals surface area contributed by atoms with Crippen molar-refractivity contribution in [1.29, 1.82) is 0 Å². The van der Waals surface area contributed by atoms with Gasteiger partial charge in [0.2, 0.25) is 0 Å². The number of aromatic amines is 1. The lowest BCUT2D eigenvalue weighted by Gasteiger charge is -2.02. The van der Waals surface area contributed by atoms with Crippen molar-refractivity contribution < 1.29 is 4.92 Å². The third-order valence-electron chi connectivity index (χ3n) is 2.89. The number of nitro benzene ring substituents is 1. The maximum absolute atomic E-state index is 12.0. The van der Waals surface area contributed by atoms with Gasteiger partial charge in [-0.2, -0.15) is 0 Å². The van der Waals surface area contributed by atoms with Gasteiger partial charge < -0.3 is 4.98 Å². The molecule has 0 bridgehead atoms. The first-order chi connectivity index (χ1) is 9.16. The van der Waals surface area contributed by atoms with Gasteiger partial charge in [0.05, 0.1) is 21.6 Å². The number of hydrogen-bond acceptors (Lipinski definition) is 3. The summed E-state index contributed by atoms with van der Waals surface area (Å²) in [5.41, 5.74) is 1.41. The summed E-state index contributed by atoms with van der Waals surface area (Å²) in [4.78, 5) is 24.8. The molecule has 0 aliphatic rings. The highest BCUT2D eigenvalue weighted by molar-refractivity contribution is 5.79. The van der Waals surface area contributed by atoms with Crippen LogP contribution in [0.4, 0.5) is 5.69 Å². The fourth-order valence-electron chi connectivity index (χ4n) is 2.05. The minimum absolute atomic E-state index is 0.0473. The normalized spacial score (nSPS) is 10.7. The highest BCUT2D eigenvalue weighted by atomic mass is 16.6. The van der Waals surface area contributed by atoms with Crippen LogP contribution in [0.25, 0.3) is 16.7 Å². The summed E-state index contributed by atoms with van der Waals surface area (Å²) in [6.07, 6.45) is 0.